The van der Waals surface area contributed by atoms with E-state index in [0.717, 1.165) is 43.9 Å². The Bertz CT molecular complexity index is 1090. The molecule has 2 heterocycles. The molecule has 4 rings (SSSR count). The average Bonchev–Trinajstić information content (AvgIpc) is 2.70. The Morgan fingerprint density at radius 3 is 2.57 bits per heavy atom. The van der Waals surface area contributed by atoms with Gasteiger partial charge in [0.05, 0.1) is 22.5 Å². The molecule has 0 atom stereocenters. The summed E-state index contributed by atoms with van der Waals surface area (Å²) < 4.78 is 14.1. The molecular formula is C24H27FN4O. The number of hydrogen-bond donors (Lipinski definition) is 1. The van der Waals surface area contributed by atoms with Crippen LogP contribution in [0.1, 0.15) is 45.7 Å². The lowest BCUT2D eigenvalue weighted by molar-refractivity contribution is 0.0910. The molecule has 1 amide bonds. The first-order valence-corrected chi connectivity index (χ1v) is 10.4. The molecule has 1 fully saturated rings. The first-order valence-electron chi connectivity index (χ1n) is 10.4. The maximum Gasteiger partial charge on any atom is 0.253 e. The van der Waals surface area contributed by atoms with Crippen LogP contribution in [-0.4, -0.2) is 39.9 Å². The van der Waals surface area contributed by atoms with E-state index < -0.39 is 5.82 Å². The van der Waals surface area contributed by atoms with Crippen LogP contribution in [0, 0.1) is 26.6 Å². The second kappa shape index (κ2) is 8.48. The third kappa shape index (κ3) is 4.49. The normalized spacial score (nSPS) is 15.5. The van der Waals surface area contributed by atoms with Crippen LogP contribution in [0.25, 0.3) is 11.0 Å². The summed E-state index contributed by atoms with van der Waals surface area (Å²) in [6, 6.07) is 11.2. The predicted octanol–water partition coefficient (Wildman–Crippen LogP) is 4.09. The molecule has 1 aliphatic rings. The summed E-state index contributed by atoms with van der Waals surface area (Å²) >= 11 is 0. The van der Waals surface area contributed by atoms with Gasteiger partial charge in [-0.3, -0.25) is 9.69 Å². The third-order valence-corrected chi connectivity index (χ3v) is 5.80. The van der Waals surface area contributed by atoms with E-state index in [4.69, 9.17) is 0 Å². The van der Waals surface area contributed by atoms with Crippen LogP contribution in [0.5, 0.6) is 0 Å². The number of benzene rings is 2. The van der Waals surface area contributed by atoms with E-state index in [-0.39, 0.29) is 17.5 Å². The van der Waals surface area contributed by atoms with E-state index in [1.807, 2.05) is 13.8 Å². The molecule has 6 heteroatoms. The zero-order chi connectivity index (χ0) is 21.3. The Kier molecular flexibility index (Phi) is 5.77. The van der Waals surface area contributed by atoms with Crippen LogP contribution >= 0.6 is 0 Å². The van der Waals surface area contributed by atoms with Gasteiger partial charge in [0.15, 0.2) is 0 Å². The Morgan fingerprint density at radius 2 is 1.83 bits per heavy atom. The van der Waals surface area contributed by atoms with Crippen molar-refractivity contribution in [2.24, 2.45) is 0 Å². The Labute approximate surface area is 176 Å². The van der Waals surface area contributed by atoms with Crippen molar-refractivity contribution in [2.45, 2.75) is 46.2 Å². The number of rotatable bonds is 4. The van der Waals surface area contributed by atoms with Crippen LogP contribution in [0.4, 0.5) is 4.39 Å². The molecular weight excluding hydrogens is 379 g/mol. The molecule has 1 N–H and O–H groups in total. The standard InChI is InChI=1S/C24H27FN4O/c1-15-5-4-6-18(11-15)14-29-9-7-20(8-10-29)28-24(30)21-12-19(25)13-22-23(21)27-17(3)16(2)26-22/h4-6,11-13,20H,7-10,14H2,1-3H3,(H,28,30). The summed E-state index contributed by atoms with van der Waals surface area (Å²) in [6.45, 7) is 8.54. The summed E-state index contributed by atoms with van der Waals surface area (Å²) in [5.74, 6) is -0.757. The van der Waals surface area contributed by atoms with Crippen molar-refractivity contribution in [3.05, 3.63) is 70.3 Å². The molecule has 0 bridgehead atoms. The quantitative estimate of drug-likeness (QED) is 0.709. The fraction of sp³-hybridized carbons (Fsp3) is 0.375. The average molecular weight is 407 g/mol. The molecule has 0 spiro atoms. The minimum absolute atomic E-state index is 0.0732. The van der Waals surface area contributed by atoms with Gasteiger partial charge in [0.1, 0.15) is 11.3 Å². The maximum atomic E-state index is 14.1. The number of carbonyl (C=O) groups excluding carboxylic acids is 1. The fourth-order valence-corrected chi connectivity index (χ4v) is 4.04. The van der Waals surface area contributed by atoms with Gasteiger partial charge in [-0.1, -0.05) is 29.8 Å². The van der Waals surface area contributed by atoms with Crippen LogP contribution < -0.4 is 5.32 Å². The van der Waals surface area contributed by atoms with Crippen molar-refractivity contribution < 1.29 is 9.18 Å². The highest BCUT2D eigenvalue weighted by atomic mass is 19.1. The van der Waals surface area contributed by atoms with Gasteiger partial charge >= 0.3 is 0 Å². The molecule has 1 aliphatic heterocycles. The van der Waals surface area contributed by atoms with Gasteiger partial charge in [-0.2, -0.15) is 0 Å². The molecule has 1 saturated heterocycles. The number of fused-ring (bicyclic) bond motifs is 1. The van der Waals surface area contributed by atoms with Crippen LogP contribution in [0.3, 0.4) is 0 Å². The number of nitrogens with zero attached hydrogens (tertiary/aromatic N) is 3. The number of aromatic nitrogens is 2. The summed E-state index contributed by atoms with van der Waals surface area (Å²) in [5.41, 5.74) is 5.18. The van der Waals surface area contributed by atoms with Crippen LogP contribution in [0.15, 0.2) is 36.4 Å². The lowest BCUT2D eigenvalue weighted by atomic mass is 10.0. The smallest absolute Gasteiger partial charge is 0.253 e. The third-order valence-electron chi connectivity index (χ3n) is 5.80. The molecule has 0 unspecified atom stereocenters. The van der Waals surface area contributed by atoms with Crippen molar-refractivity contribution in [3.8, 4) is 0 Å². The molecule has 156 valence electrons. The van der Waals surface area contributed by atoms with Gasteiger partial charge < -0.3 is 5.32 Å². The van der Waals surface area contributed by atoms with Crippen molar-refractivity contribution in [1.82, 2.24) is 20.2 Å². The number of nitrogens with one attached hydrogen (secondary N) is 1. The zero-order valence-electron chi connectivity index (χ0n) is 17.7. The molecule has 0 aliphatic carbocycles. The Balaban J connectivity index is 1.42. The SMILES string of the molecule is Cc1cccc(CN2CCC(NC(=O)c3cc(F)cc4nc(C)c(C)nc34)CC2)c1. The number of halogens is 1. The second-order valence-corrected chi connectivity index (χ2v) is 8.23. The van der Waals surface area contributed by atoms with Gasteiger partial charge in [-0.15, -0.1) is 0 Å². The lowest BCUT2D eigenvalue weighted by Crippen LogP contribution is -2.44. The van der Waals surface area contributed by atoms with Gasteiger partial charge in [-0.25, -0.2) is 14.4 Å². The number of amides is 1. The predicted molar refractivity (Wildman–Crippen MR) is 116 cm³/mol. The Hall–Kier alpha value is -2.86. The second-order valence-electron chi connectivity index (χ2n) is 8.23. The van der Waals surface area contributed by atoms with E-state index in [9.17, 15) is 9.18 Å². The monoisotopic (exact) mass is 406 g/mol. The number of hydrogen-bond acceptors (Lipinski definition) is 4. The molecule has 5 nitrogen and oxygen atoms in total. The number of piperidine rings is 1. The van der Waals surface area contributed by atoms with Gasteiger partial charge in [0, 0.05) is 31.7 Å². The minimum atomic E-state index is -0.474. The molecule has 1 aromatic heterocycles. The van der Waals surface area contributed by atoms with Gasteiger partial charge in [0.2, 0.25) is 0 Å². The highest BCUT2D eigenvalue weighted by Crippen LogP contribution is 2.21. The highest BCUT2D eigenvalue weighted by molar-refractivity contribution is 6.04. The van der Waals surface area contributed by atoms with E-state index in [2.05, 4.69) is 51.4 Å². The molecule has 3 aromatic rings. The minimum Gasteiger partial charge on any atom is -0.349 e. The molecule has 0 radical (unpaired) electrons. The molecule has 2 aromatic carbocycles. The van der Waals surface area contributed by atoms with E-state index >= 15 is 0 Å². The van der Waals surface area contributed by atoms with Gasteiger partial charge in [-0.05, 0) is 45.2 Å². The van der Waals surface area contributed by atoms with E-state index in [1.165, 1.54) is 23.3 Å². The topological polar surface area (TPSA) is 58.1 Å². The fourth-order valence-electron chi connectivity index (χ4n) is 4.04. The lowest BCUT2D eigenvalue weighted by Gasteiger charge is -2.32. The summed E-state index contributed by atoms with van der Waals surface area (Å²) in [6.07, 6.45) is 1.74. The van der Waals surface area contributed by atoms with Crippen molar-refractivity contribution >= 4 is 16.9 Å². The van der Waals surface area contributed by atoms with Gasteiger partial charge in [0.25, 0.3) is 5.91 Å². The zero-order valence-corrected chi connectivity index (χ0v) is 17.7. The van der Waals surface area contributed by atoms with Crippen LogP contribution in [-0.2, 0) is 6.54 Å². The van der Waals surface area contributed by atoms with Crippen LogP contribution in [0.2, 0.25) is 0 Å². The number of aryl methyl sites for hydroxylation is 3. The highest BCUT2D eigenvalue weighted by Gasteiger charge is 2.23. The first kappa shape index (κ1) is 20.4. The Morgan fingerprint density at radius 1 is 1.10 bits per heavy atom. The largest absolute Gasteiger partial charge is 0.349 e. The number of carbonyl (C=O) groups is 1. The molecule has 0 saturated carbocycles. The number of likely N-dealkylation sites (tertiary alicyclic amines) is 1. The summed E-state index contributed by atoms with van der Waals surface area (Å²) in [5, 5.41) is 3.08. The molecule has 30 heavy (non-hydrogen) atoms. The summed E-state index contributed by atoms with van der Waals surface area (Å²) in [7, 11) is 0. The summed E-state index contributed by atoms with van der Waals surface area (Å²) in [4.78, 5) is 24.2. The first-order chi connectivity index (χ1) is 14.4. The van der Waals surface area contributed by atoms with E-state index in [0.29, 0.717) is 11.0 Å². The van der Waals surface area contributed by atoms with Crippen molar-refractivity contribution in [3.63, 3.8) is 0 Å². The maximum absolute atomic E-state index is 14.1. The van der Waals surface area contributed by atoms with Crippen molar-refractivity contribution in [1.29, 1.82) is 0 Å². The van der Waals surface area contributed by atoms with E-state index in [1.54, 1.807) is 0 Å². The van der Waals surface area contributed by atoms with Crippen molar-refractivity contribution in [2.75, 3.05) is 13.1 Å².